The minimum atomic E-state index is -3.81. The Balaban J connectivity index is 1.51. The summed E-state index contributed by atoms with van der Waals surface area (Å²) in [5.74, 6) is -0.792. The Morgan fingerprint density at radius 2 is 1.76 bits per heavy atom. The van der Waals surface area contributed by atoms with Gasteiger partial charge in [-0.05, 0) is 24.3 Å². The SMILES string of the molecule is Cn1cc(C(=O)N2CCN(S(=O)(=O)c3ccc(F)c(Cl)c3)CC2)c2ccccc21. The van der Waals surface area contributed by atoms with Crippen LogP contribution in [0.1, 0.15) is 10.4 Å². The van der Waals surface area contributed by atoms with Gasteiger partial charge in [0.2, 0.25) is 10.0 Å². The Morgan fingerprint density at radius 1 is 1.07 bits per heavy atom. The molecule has 0 bridgehead atoms. The highest BCUT2D eigenvalue weighted by Gasteiger charge is 2.31. The van der Waals surface area contributed by atoms with E-state index in [0.717, 1.165) is 23.0 Å². The van der Waals surface area contributed by atoms with Crippen LogP contribution in [0.15, 0.2) is 53.6 Å². The van der Waals surface area contributed by atoms with E-state index in [4.69, 9.17) is 11.6 Å². The van der Waals surface area contributed by atoms with Crippen LogP contribution < -0.4 is 0 Å². The molecule has 1 aromatic heterocycles. The predicted molar refractivity (Wildman–Crippen MR) is 109 cm³/mol. The molecule has 0 saturated carbocycles. The molecule has 6 nitrogen and oxygen atoms in total. The van der Waals surface area contributed by atoms with Gasteiger partial charge in [-0.2, -0.15) is 4.31 Å². The van der Waals surface area contributed by atoms with Crippen LogP contribution in [-0.2, 0) is 17.1 Å². The molecule has 9 heteroatoms. The predicted octanol–water partition coefficient (Wildman–Crippen LogP) is 3.12. The topological polar surface area (TPSA) is 62.6 Å². The van der Waals surface area contributed by atoms with Crippen LogP contribution in [0.25, 0.3) is 10.9 Å². The average molecular weight is 436 g/mol. The molecule has 3 aromatic rings. The maximum Gasteiger partial charge on any atom is 0.256 e. The van der Waals surface area contributed by atoms with Crippen molar-refractivity contribution in [1.29, 1.82) is 0 Å². The highest BCUT2D eigenvalue weighted by atomic mass is 35.5. The molecule has 0 N–H and O–H groups in total. The number of hydrogen-bond acceptors (Lipinski definition) is 3. The number of carbonyl (C=O) groups excluding carboxylic acids is 1. The Kier molecular flexibility index (Phi) is 5.10. The molecule has 4 rings (SSSR count). The maximum atomic E-state index is 13.4. The summed E-state index contributed by atoms with van der Waals surface area (Å²) in [4.78, 5) is 14.6. The summed E-state index contributed by atoms with van der Waals surface area (Å²) in [7, 11) is -1.92. The molecule has 0 aliphatic carbocycles. The number of rotatable bonds is 3. The lowest BCUT2D eigenvalue weighted by atomic mass is 10.1. The van der Waals surface area contributed by atoms with Crippen molar-refractivity contribution in [3.63, 3.8) is 0 Å². The van der Waals surface area contributed by atoms with Crippen molar-refractivity contribution < 1.29 is 17.6 Å². The number of halogens is 2. The number of benzene rings is 2. The molecule has 1 aliphatic heterocycles. The molecule has 152 valence electrons. The van der Waals surface area contributed by atoms with Crippen molar-refractivity contribution in [3.8, 4) is 0 Å². The van der Waals surface area contributed by atoms with Crippen molar-refractivity contribution >= 4 is 38.4 Å². The number of hydrogen-bond donors (Lipinski definition) is 0. The zero-order valence-electron chi connectivity index (χ0n) is 15.7. The van der Waals surface area contributed by atoms with Gasteiger partial charge in [-0.25, -0.2) is 12.8 Å². The van der Waals surface area contributed by atoms with E-state index in [-0.39, 0.29) is 42.0 Å². The van der Waals surface area contributed by atoms with Crippen LogP contribution in [-0.4, -0.2) is 54.3 Å². The summed E-state index contributed by atoms with van der Waals surface area (Å²) in [5, 5.41) is 0.631. The van der Waals surface area contributed by atoms with Crippen molar-refractivity contribution in [2.75, 3.05) is 26.2 Å². The van der Waals surface area contributed by atoms with Crippen LogP contribution in [0, 0.1) is 5.82 Å². The number of para-hydroxylation sites is 1. The number of nitrogens with zero attached hydrogens (tertiary/aromatic N) is 3. The lowest BCUT2D eigenvalue weighted by molar-refractivity contribution is 0.0699. The van der Waals surface area contributed by atoms with Crippen molar-refractivity contribution in [2.45, 2.75) is 4.90 Å². The monoisotopic (exact) mass is 435 g/mol. The zero-order valence-corrected chi connectivity index (χ0v) is 17.3. The largest absolute Gasteiger partial charge is 0.350 e. The number of piperazine rings is 1. The Hall–Kier alpha value is -2.42. The molecule has 0 atom stereocenters. The van der Waals surface area contributed by atoms with Gasteiger partial charge in [0.1, 0.15) is 5.82 Å². The lowest BCUT2D eigenvalue weighted by Crippen LogP contribution is -2.50. The van der Waals surface area contributed by atoms with Crippen molar-refractivity contribution in [2.24, 2.45) is 7.05 Å². The van der Waals surface area contributed by atoms with Gasteiger partial charge in [0, 0.05) is 50.3 Å². The standard InChI is InChI=1S/C20H19ClFN3O3S/c1-23-13-16(15-4-2-3-5-19(15)23)20(26)24-8-10-25(11-9-24)29(27,28)14-6-7-18(22)17(21)12-14/h2-7,12-13H,8-11H2,1H3. The molecule has 2 heterocycles. The molecule has 0 spiro atoms. The highest BCUT2D eigenvalue weighted by Crippen LogP contribution is 2.25. The quantitative estimate of drug-likeness (QED) is 0.635. The minimum Gasteiger partial charge on any atom is -0.350 e. The second kappa shape index (κ2) is 7.44. The van der Waals surface area contributed by atoms with Gasteiger partial charge in [-0.3, -0.25) is 4.79 Å². The molecule has 29 heavy (non-hydrogen) atoms. The first-order valence-corrected chi connectivity index (χ1v) is 10.9. The molecule has 0 unspecified atom stereocenters. The number of aromatic nitrogens is 1. The summed E-state index contributed by atoms with van der Waals surface area (Å²) >= 11 is 5.73. The first kappa shape index (κ1) is 19.9. The number of fused-ring (bicyclic) bond motifs is 1. The number of amides is 1. The first-order valence-electron chi connectivity index (χ1n) is 9.07. The molecular weight excluding hydrogens is 417 g/mol. The summed E-state index contributed by atoms with van der Waals surface area (Å²) in [6, 6.07) is 11.0. The van der Waals surface area contributed by atoms with E-state index in [1.807, 2.05) is 35.9 Å². The molecular formula is C20H19ClFN3O3S. The van der Waals surface area contributed by atoms with E-state index in [0.29, 0.717) is 5.56 Å². The van der Waals surface area contributed by atoms with E-state index in [1.165, 1.54) is 10.4 Å². The molecule has 2 aromatic carbocycles. The average Bonchev–Trinajstić information content (AvgIpc) is 3.06. The second-order valence-electron chi connectivity index (χ2n) is 6.94. The van der Waals surface area contributed by atoms with Crippen molar-refractivity contribution in [3.05, 3.63) is 65.1 Å². The minimum absolute atomic E-state index is 0.0577. The highest BCUT2D eigenvalue weighted by molar-refractivity contribution is 7.89. The Bertz CT molecular complexity index is 1200. The Morgan fingerprint density at radius 3 is 2.45 bits per heavy atom. The number of aryl methyl sites for hydroxylation is 1. The van der Waals surface area contributed by atoms with Gasteiger partial charge < -0.3 is 9.47 Å². The maximum absolute atomic E-state index is 13.4. The second-order valence-corrected chi connectivity index (χ2v) is 9.29. The zero-order chi connectivity index (χ0) is 20.8. The van der Waals surface area contributed by atoms with Gasteiger partial charge in [0.25, 0.3) is 5.91 Å². The summed E-state index contributed by atoms with van der Waals surface area (Å²) < 4.78 is 42.2. The van der Waals surface area contributed by atoms with Crippen LogP contribution in [0.2, 0.25) is 5.02 Å². The van der Waals surface area contributed by atoms with Gasteiger partial charge in [-0.15, -0.1) is 0 Å². The molecule has 1 fully saturated rings. The summed E-state index contributed by atoms with van der Waals surface area (Å²) in [6.07, 6.45) is 1.80. The molecule has 0 radical (unpaired) electrons. The van der Waals surface area contributed by atoms with Gasteiger partial charge in [-0.1, -0.05) is 29.8 Å². The van der Waals surface area contributed by atoms with Gasteiger partial charge >= 0.3 is 0 Å². The molecule has 1 amide bonds. The fraction of sp³-hybridized carbons (Fsp3) is 0.250. The van der Waals surface area contributed by atoms with Crippen molar-refractivity contribution in [1.82, 2.24) is 13.8 Å². The van der Waals surface area contributed by atoms with E-state index >= 15 is 0 Å². The fourth-order valence-corrected chi connectivity index (χ4v) is 5.29. The molecule has 1 saturated heterocycles. The molecule has 1 aliphatic rings. The summed E-state index contributed by atoms with van der Waals surface area (Å²) in [6.45, 7) is 0.869. The number of sulfonamides is 1. The van der Waals surface area contributed by atoms with E-state index < -0.39 is 15.8 Å². The van der Waals surface area contributed by atoms with Crippen LogP contribution in [0.3, 0.4) is 0 Å². The van der Waals surface area contributed by atoms with Crippen LogP contribution >= 0.6 is 11.6 Å². The third-order valence-electron chi connectivity index (χ3n) is 5.18. The van der Waals surface area contributed by atoms with Crippen LogP contribution in [0.5, 0.6) is 0 Å². The number of carbonyl (C=O) groups is 1. The van der Waals surface area contributed by atoms with E-state index in [9.17, 15) is 17.6 Å². The van der Waals surface area contributed by atoms with Crippen LogP contribution in [0.4, 0.5) is 4.39 Å². The van der Waals surface area contributed by atoms with Gasteiger partial charge in [0.05, 0.1) is 15.5 Å². The lowest BCUT2D eigenvalue weighted by Gasteiger charge is -2.34. The van der Waals surface area contributed by atoms with Gasteiger partial charge in [0.15, 0.2) is 0 Å². The summed E-state index contributed by atoms with van der Waals surface area (Å²) in [5.41, 5.74) is 1.56. The smallest absolute Gasteiger partial charge is 0.256 e. The fourth-order valence-electron chi connectivity index (χ4n) is 3.60. The normalized spacial score (nSPS) is 15.8. The Labute approximate surface area is 173 Å². The third-order valence-corrected chi connectivity index (χ3v) is 7.37. The third kappa shape index (κ3) is 3.52. The first-order chi connectivity index (χ1) is 13.8. The van der Waals surface area contributed by atoms with E-state index in [2.05, 4.69) is 0 Å². The van der Waals surface area contributed by atoms with E-state index in [1.54, 1.807) is 11.1 Å².